The molecule has 2 fully saturated rings. The fourth-order valence-electron chi connectivity index (χ4n) is 3.61. The Morgan fingerprint density at radius 1 is 1.04 bits per heavy atom. The molecular formula is C21H30N2O4. The van der Waals surface area contributed by atoms with Gasteiger partial charge in [0, 0.05) is 25.6 Å². The zero-order valence-electron chi connectivity index (χ0n) is 16.5. The first-order chi connectivity index (χ1) is 12.8. The van der Waals surface area contributed by atoms with E-state index >= 15 is 0 Å². The Labute approximate surface area is 161 Å². The Morgan fingerprint density at radius 3 is 2.33 bits per heavy atom. The minimum absolute atomic E-state index is 0.0294. The van der Waals surface area contributed by atoms with E-state index in [1.165, 1.54) is 0 Å². The summed E-state index contributed by atoms with van der Waals surface area (Å²) in [6, 6.07) is 10.0. The van der Waals surface area contributed by atoms with Crippen molar-refractivity contribution in [1.29, 1.82) is 0 Å². The summed E-state index contributed by atoms with van der Waals surface area (Å²) in [7, 11) is 0. The molecule has 3 rings (SSSR count). The summed E-state index contributed by atoms with van der Waals surface area (Å²) in [6.45, 7) is 8.51. The molecule has 6 nitrogen and oxygen atoms in total. The summed E-state index contributed by atoms with van der Waals surface area (Å²) in [4.78, 5) is 28.8. The number of hydrogen-bond acceptors (Lipinski definition) is 4. The zero-order chi connectivity index (χ0) is 19.4. The summed E-state index contributed by atoms with van der Waals surface area (Å²) < 4.78 is 11.3. The van der Waals surface area contributed by atoms with Crippen LogP contribution in [0.3, 0.4) is 0 Å². The Balaban J connectivity index is 1.52. The Bertz CT molecular complexity index is 648. The van der Waals surface area contributed by atoms with E-state index in [4.69, 9.17) is 9.47 Å². The lowest BCUT2D eigenvalue weighted by atomic mass is 9.95. The fraction of sp³-hybridized carbons (Fsp3) is 0.619. The average Bonchev–Trinajstić information content (AvgIpc) is 2.67. The van der Waals surface area contributed by atoms with Crippen molar-refractivity contribution >= 4 is 12.0 Å². The molecule has 0 radical (unpaired) electrons. The van der Waals surface area contributed by atoms with E-state index in [1.807, 2.05) is 56.0 Å². The molecule has 148 valence electrons. The second-order valence-electron chi connectivity index (χ2n) is 8.30. The molecule has 0 aromatic heterocycles. The predicted molar refractivity (Wildman–Crippen MR) is 102 cm³/mol. The van der Waals surface area contributed by atoms with Crippen LogP contribution in [0, 0.1) is 5.92 Å². The molecule has 1 aromatic rings. The Morgan fingerprint density at radius 2 is 1.70 bits per heavy atom. The second-order valence-corrected chi connectivity index (χ2v) is 8.30. The number of likely N-dealkylation sites (tertiary alicyclic amines) is 1. The van der Waals surface area contributed by atoms with Gasteiger partial charge >= 0.3 is 6.09 Å². The van der Waals surface area contributed by atoms with Crippen LogP contribution in [0.1, 0.15) is 45.3 Å². The molecule has 0 saturated carbocycles. The fourth-order valence-corrected chi connectivity index (χ4v) is 3.61. The van der Waals surface area contributed by atoms with Gasteiger partial charge in [-0.2, -0.15) is 0 Å². The van der Waals surface area contributed by atoms with Crippen molar-refractivity contribution in [2.75, 3.05) is 32.8 Å². The lowest BCUT2D eigenvalue weighted by Crippen LogP contribution is -2.48. The van der Waals surface area contributed by atoms with Gasteiger partial charge in [0.1, 0.15) is 11.7 Å². The van der Waals surface area contributed by atoms with Crippen LogP contribution in [-0.2, 0) is 14.3 Å². The number of carbonyl (C=O) groups excluding carboxylic acids is 2. The molecule has 27 heavy (non-hydrogen) atoms. The number of hydrogen-bond donors (Lipinski definition) is 0. The molecule has 0 spiro atoms. The van der Waals surface area contributed by atoms with Gasteiger partial charge in [0.05, 0.1) is 13.2 Å². The first-order valence-electron chi connectivity index (χ1n) is 9.77. The number of amides is 2. The van der Waals surface area contributed by atoms with Gasteiger partial charge in [0.2, 0.25) is 5.91 Å². The highest BCUT2D eigenvalue weighted by Crippen LogP contribution is 2.26. The molecule has 1 unspecified atom stereocenters. The molecule has 1 aromatic carbocycles. The summed E-state index contributed by atoms with van der Waals surface area (Å²) in [6.07, 6.45) is 1.02. The third-order valence-electron chi connectivity index (χ3n) is 5.05. The van der Waals surface area contributed by atoms with E-state index in [1.54, 1.807) is 4.90 Å². The molecule has 0 aliphatic carbocycles. The molecule has 2 heterocycles. The number of carbonyl (C=O) groups is 2. The molecular weight excluding hydrogens is 344 g/mol. The molecule has 6 heteroatoms. The highest BCUT2D eigenvalue weighted by Gasteiger charge is 2.34. The van der Waals surface area contributed by atoms with Crippen molar-refractivity contribution in [1.82, 2.24) is 9.80 Å². The average molecular weight is 374 g/mol. The van der Waals surface area contributed by atoms with Crippen molar-refractivity contribution in [3.63, 3.8) is 0 Å². The van der Waals surface area contributed by atoms with Crippen molar-refractivity contribution < 1.29 is 19.1 Å². The zero-order valence-corrected chi connectivity index (χ0v) is 16.5. The van der Waals surface area contributed by atoms with Crippen LogP contribution in [-0.4, -0.2) is 60.2 Å². The minimum atomic E-state index is -0.496. The van der Waals surface area contributed by atoms with E-state index in [0.29, 0.717) is 45.6 Å². The quantitative estimate of drug-likeness (QED) is 0.797. The molecule has 2 aliphatic heterocycles. The largest absolute Gasteiger partial charge is 0.444 e. The topological polar surface area (TPSA) is 59.1 Å². The molecule has 1 atom stereocenters. The van der Waals surface area contributed by atoms with Crippen molar-refractivity contribution in [3.8, 4) is 0 Å². The summed E-state index contributed by atoms with van der Waals surface area (Å²) in [5.41, 5.74) is 0.610. The molecule has 0 N–H and O–H groups in total. The molecule has 2 aliphatic rings. The maximum Gasteiger partial charge on any atom is 0.410 e. The van der Waals surface area contributed by atoms with Gasteiger partial charge in [-0.25, -0.2) is 4.79 Å². The van der Waals surface area contributed by atoms with Crippen molar-refractivity contribution in [2.45, 2.75) is 45.3 Å². The summed E-state index contributed by atoms with van der Waals surface area (Å²) >= 11 is 0. The predicted octanol–water partition coefficient (Wildman–Crippen LogP) is 3.23. The lowest BCUT2D eigenvalue weighted by molar-refractivity contribution is -0.144. The lowest BCUT2D eigenvalue weighted by Gasteiger charge is -2.38. The normalized spacial score (nSPS) is 21.8. The summed E-state index contributed by atoms with van der Waals surface area (Å²) in [5, 5.41) is 0. The van der Waals surface area contributed by atoms with Gasteiger partial charge < -0.3 is 19.3 Å². The maximum atomic E-state index is 13.0. The van der Waals surface area contributed by atoms with Gasteiger partial charge in [-0.3, -0.25) is 4.79 Å². The molecule has 2 amide bonds. The Kier molecular flexibility index (Phi) is 6.05. The van der Waals surface area contributed by atoms with Crippen LogP contribution in [0.2, 0.25) is 0 Å². The van der Waals surface area contributed by atoms with E-state index in [2.05, 4.69) is 0 Å². The van der Waals surface area contributed by atoms with Crippen LogP contribution in [0.5, 0.6) is 0 Å². The number of nitrogens with zero attached hydrogens (tertiary/aromatic N) is 2. The highest BCUT2D eigenvalue weighted by atomic mass is 16.6. The highest BCUT2D eigenvalue weighted by molar-refractivity contribution is 5.79. The monoisotopic (exact) mass is 374 g/mol. The smallest absolute Gasteiger partial charge is 0.410 e. The van der Waals surface area contributed by atoms with Crippen molar-refractivity contribution in [2.24, 2.45) is 5.92 Å². The van der Waals surface area contributed by atoms with Crippen LogP contribution >= 0.6 is 0 Å². The Hall–Kier alpha value is -2.08. The van der Waals surface area contributed by atoms with Crippen molar-refractivity contribution in [3.05, 3.63) is 35.9 Å². The van der Waals surface area contributed by atoms with E-state index < -0.39 is 5.60 Å². The van der Waals surface area contributed by atoms with Crippen LogP contribution in [0.4, 0.5) is 4.79 Å². The van der Waals surface area contributed by atoms with Gasteiger partial charge in [-0.05, 0) is 39.2 Å². The second kappa shape index (κ2) is 8.30. The number of morpholine rings is 1. The van der Waals surface area contributed by atoms with Gasteiger partial charge in [-0.15, -0.1) is 0 Å². The number of piperidine rings is 1. The van der Waals surface area contributed by atoms with Crippen LogP contribution in [0.15, 0.2) is 30.3 Å². The minimum Gasteiger partial charge on any atom is -0.444 e. The van der Waals surface area contributed by atoms with Crippen LogP contribution in [0.25, 0.3) is 0 Å². The number of ether oxygens (including phenoxy) is 2. The third kappa shape index (κ3) is 5.22. The van der Waals surface area contributed by atoms with E-state index in [-0.39, 0.29) is 24.0 Å². The standard InChI is InChI=1S/C21H30N2O4/c1-21(2,3)27-20(25)22-11-9-17(10-12-22)19(24)23-13-14-26-18(15-23)16-7-5-4-6-8-16/h4-8,17-18H,9-15H2,1-3H3. The molecule has 0 bridgehead atoms. The van der Waals surface area contributed by atoms with Crippen LogP contribution < -0.4 is 0 Å². The summed E-state index contributed by atoms with van der Waals surface area (Å²) in [5.74, 6) is 0.154. The first-order valence-corrected chi connectivity index (χ1v) is 9.77. The first kappa shape index (κ1) is 19.7. The maximum absolute atomic E-state index is 13.0. The van der Waals surface area contributed by atoms with E-state index in [9.17, 15) is 9.59 Å². The van der Waals surface area contributed by atoms with Gasteiger partial charge in [-0.1, -0.05) is 30.3 Å². The number of benzene rings is 1. The molecule has 2 saturated heterocycles. The van der Waals surface area contributed by atoms with Gasteiger partial charge in [0.15, 0.2) is 0 Å². The number of rotatable bonds is 2. The third-order valence-corrected chi connectivity index (χ3v) is 5.05. The van der Waals surface area contributed by atoms with E-state index in [0.717, 1.165) is 5.56 Å². The van der Waals surface area contributed by atoms with Gasteiger partial charge in [0.25, 0.3) is 0 Å². The SMILES string of the molecule is CC(C)(C)OC(=O)N1CCC(C(=O)N2CCOC(c3ccccc3)C2)CC1.